The van der Waals surface area contributed by atoms with E-state index < -0.39 is 0 Å². The lowest BCUT2D eigenvalue weighted by atomic mass is 10.1. The fourth-order valence-electron chi connectivity index (χ4n) is 1.66. The molecule has 19 heavy (non-hydrogen) atoms. The second kappa shape index (κ2) is 8.92. The summed E-state index contributed by atoms with van der Waals surface area (Å²) >= 11 is 0. The molecule has 100 valence electrons. The Morgan fingerprint density at radius 3 is 2.00 bits per heavy atom. The molecule has 0 aromatic heterocycles. The Kier molecular flexibility index (Phi) is 7.03. The average molecular weight is 255 g/mol. The number of benzene rings is 2. The molecule has 0 saturated heterocycles. The van der Waals surface area contributed by atoms with E-state index >= 15 is 0 Å². The Morgan fingerprint density at radius 2 is 1.42 bits per heavy atom. The van der Waals surface area contributed by atoms with Gasteiger partial charge in [-0.25, -0.2) is 0 Å². The van der Waals surface area contributed by atoms with Crippen LogP contribution in [0.1, 0.15) is 29.8 Å². The Morgan fingerprint density at radius 1 is 0.895 bits per heavy atom. The minimum Gasteiger partial charge on any atom is -0.352 e. The summed E-state index contributed by atoms with van der Waals surface area (Å²) in [6, 6.07) is 19.4. The fraction of sp³-hybridized carbons (Fsp3) is 0.235. The predicted molar refractivity (Wildman–Crippen MR) is 80.3 cm³/mol. The van der Waals surface area contributed by atoms with Crippen LogP contribution in [0, 0.1) is 0 Å². The van der Waals surface area contributed by atoms with Gasteiger partial charge in [-0.15, -0.1) is 0 Å². The number of hydrogen-bond donors (Lipinski definition) is 1. The molecular formula is C17H21NO. The smallest absolute Gasteiger partial charge is 0.251 e. The van der Waals surface area contributed by atoms with Gasteiger partial charge in [-0.1, -0.05) is 62.4 Å². The molecule has 0 aliphatic carbocycles. The molecule has 0 heterocycles. The van der Waals surface area contributed by atoms with E-state index in [2.05, 4.69) is 17.4 Å². The summed E-state index contributed by atoms with van der Waals surface area (Å²) < 4.78 is 0. The number of hydrogen-bond acceptors (Lipinski definition) is 1. The topological polar surface area (TPSA) is 29.1 Å². The third-order valence-corrected chi connectivity index (χ3v) is 2.58. The molecular weight excluding hydrogens is 234 g/mol. The van der Waals surface area contributed by atoms with E-state index in [0.717, 1.165) is 6.42 Å². The zero-order valence-electron chi connectivity index (χ0n) is 11.6. The van der Waals surface area contributed by atoms with Crippen LogP contribution in [0.5, 0.6) is 0 Å². The van der Waals surface area contributed by atoms with Gasteiger partial charge in [0, 0.05) is 12.1 Å². The van der Waals surface area contributed by atoms with Crippen molar-refractivity contribution in [3.05, 3.63) is 71.8 Å². The molecule has 2 rings (SSSR count). The second-order valence-corrected chi connectivity index (χ2v) is 3.86. The van der Waals surface area contributed by atoms with Crippen molar-refractivity contribution < 1.29 is 4.79 Å². The Hall–Kier alpha value is -2.09. The first-order valence-electron chi connectivity index (χ1n) is 6.73. The van der Waals surface area contributed by atoms with Gasteiger partial charge < -0.3 is 5.32 Å². The highest BCUT2D eigenvalue weighted by Gasteiger charge is 2.02. The van der Waals surface area contributed by atoms with E-state index in [1.54, 1.807) is 0 Å². The van der Waals surface area contributed by atoms with Gasteiger partial charge in [0.2, 0.25) is 0 Å². The van der Waals surface area contributed by atoms with Gasteiger partial charge in [-0.3, -0.25) is 4.79 Å². The molecule has 1 amide bonds. The summed E-state index contributed by atoms with van der Waals surface area (Å²) in [5, 5.41) is 2.91. The van der Waals surface area contributed by atoms with Crippen LogP contribution < -0.4 is 5.32 Å². The fourth-order valence-corrected chi connectivity index (χ4v) is 1.66. The van der Waals surface area contributed by atoms with Gasteiger partial charge in [-0.2, -0.15) is 0 Å². The Balaban J connectivity index is 0.000000861. The van der Waals surface area contributed by atoms with E-state index in [4.69, 9.17) is 0 Å². The van der Waals surface area contributed by atoms with E-state index in [1.165, 1.54) is 5.56 Å². The summed E-state index contributed by atoms with van der Waals surface area (Å²) in [6.07, 6.45) is 0.861. The van der Waals surface area contributed by atoms with Crippen molar-refractivity contribution in [3.63, 3.8) is 0 Å². The third kappa shape index (κ3) is 5.38. The van der Waals surface area contributed by atoms with Crippen LogP contribution in [-0.2, 0) is 6.42 Å². The Bertz CT molecular complexity index is 465. The second-order valence-electron chi connectivity index (χ2n) is 3.86. The number of rotatable bonds is 4. The number of carbonyl (C=O) groups is 1. The maximum Gasteiger partial charge on any atom is 0.251 e. The molecule has 0 fully saturated rings. The lowest BCUT2D eigenvalue weighted by Crippen LogP contribution is -2.25. The zero-order chi connectivity index (χ0) is 13.9. The molecule has 2 aromatic rings. The molecule has 0 atom stereocenters. The quantitative estimate of drug-likeness (QED) is 0.887. The van der Waals surface area contributed by atoms with E-state index in [1.807, 2.05) is 62.4 Å². The van der Waals surface area contributed by atoms with Crippen molar-refractivity contribution in [3.8, 4) is 0 Å². The SMILES string of the molecule is CC.O=C(NCCc1ccccc1)c1ccccc1. The molecule has 0 radical (unpaired) electrons. The van der Waals surface area contributed by atoms with Gasteiger partial charge in [0.05, 0.1) is 0 Å². The van der Waals surface area contributed by atoms with Gasteiger partial charge in [-0.05, 0) is 24.1 Å². The maximum atomic E-state index is 11.7. The maximum absolute atomic E-state index is 11.7. The summed E-state index contributed by atoms with van der Waals surface area (Å²) in [4.78, 5) is 11.7. The summed E-state index contributed by atoms with van der Waals surface area (Å²) in [5.41, 5.74) is 1.95. The third-order valence-electron chi connectivity index (χ3n) is 2.58. The lowest BCUT2D eigenvalue weighted by Gasteiger charge is -2.05. The standard InChI is InChI=1S/C15H15NO.C2H6/c17-15(14-9-5-2-6-10-14)16-12-11-13-7-3-1-4-8-13;1-2/h1-10H,11-12H2,(H,16,17);1-2H3. The van der Waals surface area contributed by atoms with Crippen molar-refractivity contribution in [2.24, 2.45) is 0 Å². The van der Waals surface area contributed by atoms with Crippen molar-refractivity contribution in [1.82, 2.24) is 5.32 Å². The highest BCUT2D eigenvalue weighted by Crippen LogP contribution is 2.00. The highest BCUT2D eigenvalue weighted by molar-refractivity contribution is 5.94. The molecule has 0 spiro atoms. The first-order valence-corrected chi connectivity index (χ1v) is 6.73. The minimum absolute atomic E-state index is 0.0125. The van der Waals surface area contributed by atoms with Gasteiger partial charge in [0.1, 0.15) is 0 Å². The van der Waals surface area contributed by atoms with E-state index in [0.29, 0.717) is 12.1 Å². The van der Waals surface area contributed by atoms with Crippen LogP contribution in [0.3, 0.4) is 0 Å². The number of amides is 1. The molecule has 2 nitrogen and oxygen atoms in total. The van der Waals surface area contributed by atoms with E-state index in [9.17, 15) is 4.79 Å². The van der Waals surface area contributed by atoms with Crippen molar-refractivity contribution in [2.75, 3.05) is 6.54 Å². The highest BCUT2D eigenvalue weighted by atomic mass is 16.1. The molecule has 2 heteroatoms. The summed E-state index contributed by atoms with van der Waals surface area (Å²) in [7, 11) is 0. The van der Waals surface area contributed by atoms with Gasteiger partial charge in [0.15, 0.2) is 0 Å². The zero-order valence-corrected chi connectivity index (χ0v) is 11.6. The molecule has 0 aliphatic heterocycles. The monoisotopic (exact) mass is 255 g/mol. The largest absolute Gasteiger partial charge is 0.352 e. The van der Waals surface area contributed by atoms with Crippen molar-refractivity contribution in [2.45, 2.75) is 20.3 Å². The first-order chi connectivity index (χ1) is 9.36. The van der Waals surface area contributed by atoms with Crippen LogP contribution in [0.2, 0.25) is 0 Å². The Labute approximate surface area is 115 Å². The minimum atomic E-state index is -0.0125. The number of nitrogens with one attached hydrogen (secondary N) is 1. The van der Waals surface area contributed by atoms with Crippen molar-refractivity contribution in [1.29, 1.82) is 0 Å². The molecule has 0 aliphatic rings. The average Bonchev–Trinajstić information content (AvgIpc) is 2.51. The van der Waals surface area contributed by atoms with Crippen LogP contribution in [-0.4, -0.2) is 12.5 Å². The number of carbonyl (C=O) groups excluding carboxylic acids is 1. The molecule has 0 bridgehead atoms. The molecule has 0 unspecified atom stereocenters. The normalized spacial score (nSPS) is 9.16. The van der Waals surface area contributed by atoms with Crippen LogP contribution >= 0.6 is 0 Å². The van der Waals surface area contributed by atoms with Gasteiger partial charge >= 0.3 is 0 Å². The van der Waals surface area contributed by atoms with Crippen LogP contribution in [0.15, 0.2) is 60.7 Å². The molecule has 0 saturated carbocycles. The van der Waals surface area contributed by atoms with E-state index in [-0.39, 0.29) is 5.91 Å². The lowest BCUT2D eigenvalue weighted by molar-refractivity contribution is 0.0954. The summed E-state index contributed by atoms with van der Waals surface area (Å²) in [5.74, 6) is -0.0125. The van der Waals surface area contributed by atoms with Crippen molar-refractivity contribution >= 4 is 5.91 Å². The molecule has 1 N–H and O–H groups in total. The van der Waals surface area contributed by atoms with Crippen LogP contribution in [0.25, 0.3) is 0 Å². The predicted octanol–water partition coefficient (Wildman–Crippen LogP) is 3.69. The first kappa shape index (κ1) is 15.0. The molecule has 2 aromatic carbocycles. The van der Waals surface area contributed by atoms with Gasteiger partial charge in [0.25, 0.3) is 5.91 Å². The van der Waals surface area contributed by atoms with Crippen LogP contribution in [0.4, 0.5) is 0 Å². The summed E-state index contributed by atoms with van der Waals surface area (Å²) in [6.45, 7) is 4.66.